The summed E-state index contributed by atoms with van der Waals surface area (Å²) in [6.07, 6.45) is 3.91. The highest BCUT2D eigenvalue weighted by Crippen LogP contribution is 3.02. The van der Waals surface area contributed by atoms with E-state index in [0.717, 1.165) is 35.5 Å². The zero-order valence-electron chi connectivity index (χ0n) is 18.0. The minimum absolute atomic E-state index is 0.0488. The maximum atomic E-state index is 12.9. The van der Waals surface area contributed by atoms with E-state index in [1.807, 2.05) is 6.07 Å². The molecule has 0 radical (unpaired) electrons. The lowest BCUT2D eigenvalue weighted by atomic mass is 9.89. The Balaban J connectivity index is 1.29. The maximum absolute atomic E-state index is 12.9. The number of carbonyl (C=O) groups excluding carboxylic acids is 1. The summed E-state index contributed by atoms with van der Waals surface area (Å²) in [4.78, 5) is 24.7. The van der Waals surface area contributed by atoms with Crippen LogP contribution in [0.1, 0.15) is 52.8 Å². The van der Waals surface area contributed by atoms with Gasteiger partial charge in [0.25, 0.3) is 5.91 Å². The standard InChI is InChI=1S/C22H23F5N4O2S/c23-34(24,25,26,27)17-3-1-15(2-4-17)22(32)31-10-6-14(7-11-31)18-5-9-28-21-19(18)29-20(30-21)16-8-12-33-13-16/h1-5,9,14,16H,6-8,10-13H2,(H,28,29,30)/t16-/m1/s1. The van der Waals surface area contributed by atoms with Crippen LogP contribution in [0.25, 0.3) is 11.2 Å². The van der Waals surface area contributed by atoms with Crippen molar-refractivity contribution in [3.63, 3.8) is 0 Å². The molecule has 0 saturated carbocycles. The van der Waals surface area contributed by atoms with Gasteiger partial charge in [-0.15, -0.1) is 0 Å². The summed E-state index contributed by atoms with van der Waals surface area (Å²) >= 11 is 0. The van der Waals surface area contributed by atoms with Crippen LogP contribution in [0.15, 0.2) is 41.4 Å². The second-order valence-corrected chi connectivity index (χ2v) is 11.3. The number of hydrogen-bond acceptors (Lipinski definition) is 4. The van der Waals surface area contributed by atoms with Crippen LogP contribution in [-0.2, 0) is 4.74 Å². The number of piperidine rings is 1. The lowest BCUT2D eigenvalue weighted by Gasteiger charge is -2.40. The van der Waals surface area contributed by atoms with Gasteiger partial charge in [-0.25, -0.2) is 9.97 Å². The van der Waals surface area contributed by atoms with Crippen LogP contribution in [0.3, 0.4) is 0 Å². The monoisotopic (exact) mass is 502 g/mol. The Morgan fingerprint density at radius 3 is 2.32 bits per heavy atom. The first-order valence-corrected chi connectivity index (χ1v) is 12.9. The summed E-state index contributed by atoms with van der Waals surface area (Å²) in [6, 6.07) is 4.12. The minimum Gasteiger partial charge on any atom is -0.381 e. The largest absolute Gasteiger partial charge is 0.381 e. The van der Waals surface area contributed by atoms with E-state index >= 15 is 0 Å². The maximum Gasteiger partial charge on any atom is 0.310 e. The number of halogens is 5. The minimum atomic E-state index is -9.76. The summed E-state index contributed by atoms with van der Waals surface area (Å²) in [7, 11) is -9.76. The number of aromatic nitrogens is 3. The average Bonchev–Trinajstić information content (AvgIpc) is 3.47. The van der Waals surface area contributed by atoms with Crippen molar-refractivity contribution < 1.29 is 29.0 Å². The van der Waals surface area contributed by atoms with Crippen LogP contribution in [0.4, 0.5) is 19.4 Å². The number of benzene rings is 1. The van der Waals surface area contributed by atoms with Gasteiger partial charge in [-0.3, -0.25) is 4.79 Å². The summed E-state index contributed by atoms with van der Waals surface area (Å²) in [5.41, 5.74) is 2.53. The Bertz CT molecular complexity index is 1230. The van der Waals surface area contributed by atoms with Crippen LogP contribution >= 0.6 is 10.2 Å². The number of nitrogens with one attached hydrogen (secondary N) is 1. The van der Waals surface area contributed by atoms with Crippen molar-refractivity contribution in [1.82, 2.24) is 19.9 Å². The first-order valence-electron chi connectivity index (χ1n) is 10.9. The average molecular weight is 503 g/mol. The zero-order chi connectivity index (χ0) is 24.2. The number of amides is 1. The fourth-order valence-corrected chi connectivity index (χ4v) is 5.31. The molecule has 1 aromatic carbocycles. The predicted octanol–water partition coefficient (Wildman–Crippen LogP) is 6.14. The summed E-state index contributed by atoms with van der Waals surface area (Å²) in [5.74, 6) is 0.748. The van der Waals surface area contributed by atoms with Gasteiger partial charge in [0.15, 0.2) is 5.65 Å². The molecule has 0 aliphatic carbocycles. The lowest BCUT2D eigenvalue weighted by molar-refractivity contribution is 0.0713. The van der Waals surface area contributed by atoms with Crippen molar-refractivity contribution in [1.29, 1.82) is 0 Å². The Morgan fingerprint density at radius 2 is 1.71 bits per heavy atom. The Labute approximate surface area is 192 Å². The first-order chi connectivity index (χ1) is 15.9. The van der Waals surface area contributed by atoms with Crippen molar-refractivity contribution >= 4 is 27.3 Å². The van der Waals surface area contributed by atoms with Gasteiger partial charge in [0.1, 0.15) is 10.7 Å². The van der Waals surface area contributed by atoms with E-state index in [2.05, 4.69) is 15.0 Å². The topological polar surface area (TPSA) is 71.1 Å². The van der Waals surface area contributed by atoms with Gasteiger partial charge in [0.2, 0.25) is 0 Å². The van der Waals surface area contributed by atoms with Crippen LogP contribution in [0.2, 0.25) is 0 Å². The van der Waals surface area contributed by atoms with Crippen LogP contribution < -0.4 is 0 Å². The van der Waals surface area contributed by atoms with E-state index in [1.54, 1.807) is 6.20 Å². The molecule has 0 bridgehead atoms. The van der Waals surface area contributed by atoms with E-state index in [9.17, 15) is 24.2 Å². The molecule has 1 N–H and O–H groups in total. The highest BCUT2D eigenvalue weighted by molar-refractivity contribution is 8.45. The molecule has 2 aliphatic rings. The molecule has 1 amide bonds. The number of hydrogen-bond donors (Lipinski definition) is 1. The molecule has 5 rings (SSSR count). The molecule has 2 aromatic heterocycles. The second-order valence-electron chi connectivity index (χ2n) is 8.84. The first kappa shape index (κ1) is 23.0. The molecule has 0 unspecified atom stereocenters. The number of fused-ring (bicyclic) bond motifs is 1. The van der Waals surface area contributed by atoms with Gasteiger partial charge in [-0.1, -0.05) is 19.4 Å². The summed E-state index contributed by atoms with van der Waals surface area (Å²) < 4.78 is 70.1. The molecule has 2 fully saturated rings. The fourth-order valence-electron chi connectivity index (χ4n) is 4.66. The number of ether oxygens (including phenoxy) is 1. The molecule has 6 nitrogen and oxygen atoms in total. The lowest BCUT2D eigenvalue weighted by Crippen LogP contribution is -2.38. The number of likely N-dealkylation sites (tertiary alicyclic amines) is 1. The molecule has 2 saturated heterocycles. The molecule has 1 atom stereocenters. The van der Waals surface area contributed by atoms with Crippen molar-refractivity contribution in [2.24, 2.45) is 0 Å². The molecule has 34 heavy (non-hydrogen) atoms. The number of H-pyrrole nitrogens is 1. The van der Waals surface area contributed by atoms with E-state index in [-0.39, 0.29) is 29.5 Å². The van der Waals surface area contributed by atoms with Gasteiger partial charge in [0, 0.05) is 37.4 Å². The Morgan fingerprint density at radius 1 is 1.00 bits per heavy atom. The number of aromatic amines is 1. The third-order valence-electron chi connectivity index (χ3n) is 6.53. The van der Waals surface area contributed by atoms with Crippen molar-refractivity contribution in [3.05, 3.63) is 53.5 Å². The van der Waals surface area contributed by atoms with E-state index in [0.29, 0.717) is 44.8 Å². The quantitative estimate of drug-likeness (QED) is 0.435. The van der Waals surface area contributed by atoms with E-state index in [1.165, 1.54) is 4.90 Å². The number of imidazole rings is 1. The van der Waals surface area contributed by atoms with Crippen LogP contribution in [0.5, 0.6) is 0 Å². The third-order valence-corrected chi connectivity index (χ3v) is 7.69. The van der Waals surface area contributed by atoms with E-state index in [4.69, 9.17) is 4.74 Å². The Kier molecular flexibility index (Phi) is 5.00. The van der Waals surface area contributed by atoms with Crippen LogP contribution in [0, 0.1) is 0 Å². The molecular weight excluding hydrogens is 479 g/mol. The highest BCUT2D eigenvalue weighted by Gasteiger charge is 2.65. The predicted molar refractivity (Wildman–Crippen MR) is 118 cm³/mol. The third kappa shape index (κ3) is 4.48. The molecule has 4 heterocycles. The van der Waals surface area contributed by atoms with Gasteiger partial charge < -0.3 is 14.6 Å². The zero-order valence-corrected chi connectivity index (χ0v) is 18.8. The molecule has 184 valence electrons. The van der Waals surface area contributed by atoms with Crippen molar-refractivity contribution in [3.8, 4) is 0 Å². The Hall–Kier alpha value is -2.73. The summed E-state index contributed by atoms with van der Waals surface area (Å²) in [6.45, 7) is 2.12. The number of rotatable bonds is 4. The van der Waals surface area contributed by atoms with Crippen molar-refractivity contribution in [2.75, 3.05) is 26.3 Å². The summed E-state index contributed by atoms with van der Waals surface area (Å²) in [5, 5.41) is 0. The highest BCUT2D eigenvalue weighted by atomic mass is 32.5. The smallest absolute Gasteiger partial charge is 0.310 e. The van der Waals surface area contributed by atoms with Gasteiger partial charge in [-0.05, 0) is 61.1 Å². The molecule has 12 heteroatoms. The number of carbonyl (C=O) groups is 1. The van der Waals surface area contributed by atoms with Crippen molar-refractivity contribution in [2.45, 2.75) is 36.0 Å². The molecular formula is C22H23F5N4O2S. The van der Waals surface area contributed by atoms with Gasteiger partial charge >= 0.3 is 10.2 Å². The normalized spacial score (nSPS) is 22.0. The molecule has 3 aromatic rings. The van der Waals surface area contributed by atoms with Gasteiger partial charge in [0.05, 0.1) is 12.1 Å². The second kappa shape index (κ2) is 7.38. The molecule has 2 aliphatic heterocycles. The molecule has 0 spiro atoms. The number of pyridine rings is 1. The SMILES string of the molecule is O=C(c1ccc(S(F)(F)(F)(F)F)cc1)N1CCC(c2ccnc3nc([C@@H]4CCOC4)[nH]c23)CC1. The number of nitrogens with zero attached hydrogens (tertiary/aromatic N) is 3. The van der Waals surface area contributed by atoms with E-state index < -0.39 is 21.0 Å². The van der Waals surface area contributed by atoms with Gasteiger partial charge in [-0.2, -0.15) is 0 Å². The van der Waals surface area contributed by atoms with Crippen LogP contribution in [-0.4, -0.2) is 52.1 Å². The fraction of sp³-hybridized carbons (Fsp3) is 0.409.